The highest BCUT2D eigenvalue weighted by Crippen LogP contribution is 2.19. The molecule has 1 aromatic rings. The van der Waals surface area contributed by atoms with Crippen molar-refractivity contribution >= 4 is 21.6 Å². The highest BCUT2D eigenvalue weighted by molar-refractivity contribution is 7.89. The summed E-state index contributed by atoms with van der Waals surface area (Å²) in [5.74, 6) is 0. The molecule has 5 nitrogen and oxygen atoms in total. The fourth-order valence-electron chi connectivity index (χ4n) is 2.64. The van der Waals surface area contributed by atoms with E-state index in [1.807, 2.05) is 0 Å². The van der Waals surface area contributed by atoms with Crippen molar-refractivity contribution in [3.63, 3.8) is 0 Å². The Balaban J connectivity index is 1.80. The standard InChI is InChI=1S/C15H23ClN2O3S/c1-12-11-13(16)3-4-15(12)22(20,21)17-7-2-8-18-9-5-14(19)6-10-18/h3-4,11,14,17,19H,2,5-10H2,1H3. The van der Waals surface area contributed by atoms with Crippen LogP contribution in [0.2, 0.25) is 5.02 Å². The number of sulfonamides is 1. The van der Waals surface area contributed by atoms with Crippen molar-refractivity contribution in [2.24, 2.45) is 0 Å². The molecule has 7 heteroatoms. The van der Waals surface area contributed by atoms with Gasteiger partial charge in [-0.05, 0) is 56.5 Å². The zero-order valence-electron chi connectivity index (χ0n) is 12.8. The number of rotatable bonds is 6. The summed E-state index contributed by atoms with van der Waals surface area (Å²) >= 11 is 5.85. The molecule has 2 N–H and O–H groups in total. The van der Waals surface area contributed by atoms with Crippen LogP contribution in [0.3, 0.4) is 0 Å². The number of halogens is 1. The fraction of sp³-hybridized carbons (Fsp3) is 0.600. The smallest absolute Gasteiger partial charge is 0.240 e. The van der Waals surface area contributed by atoms with E-state index in [4.69, 9.17) is 11.6 Å². The first kappa shape index (κ1) is 17.7. The molecule has 1 aliphatic rings. The number of hydrogen-bond donors (Lipinski definition) is 2. The molecule has 1 aromatic carbocycles. The Morgan fingerprint density at radius 1 is 1.36 bits per heavy atom. The lowest BCUT2D eigenvalue weighted by molar-refractivity contribution is 0.0823. The Bertz CT molecular complexity index is 599. The van der Waals surface area contributed by atoms with E-state index in [-0.39, 0.29) is 11.0 Å². The predicted octanol–water partition coefficient (Wildman–Crippen LogP) is 1.77. The van der Waals surface area contributed by atoms with Crippen LogP contribution in [-0.4, -0.2) is 50.7 Å². The van der Waals surface area contributed by atoms with Gasteiger partial charge >= 0.3 is 0 Å². The van der Waals surface area contributed by atoms with Crippen LogP contribution in [0.25, 0.3) is 0 Å². The van der Waals surface area contributed by atoms with Gasteiger partial charge in [-0.25, -0.2) is 13.1 Å². The number of nitrogens with zero attached hydrogens (tertiary/aromatic N) is 1. The van der Waals surface area contributed by atoms with E-state index < -0.39 is 10.0 Å². The maximum Gasteiger partial charge on any atom is 0.240 e. The number of aliphatic hydroxyl groups is 1. The molecule has 0 atom stereocenters. The van der Waals surface area contributed by atoms with Gasteiger partial charge in [0.1, 0.15) is 0 Å². The molecular weight excluding hydrogens is 324 g/mol. The van der Waals surface area contributed by atoms with Crippen molar-refractivity contribution in [1.82, 2.24) is 9.62 Å². The minimum Gasteiger partial charge on any atom is -0.393 e. The van der Waals surface area contributed by atoms with E-state index in [0.717, 1.165) is 38.9 Å². The Morgan fingerprint density at radius 3 is 2.68 bits per heavy atom. The summed E-state index contributed by atoms with van der Waals surface area (Å²) in [5.41, 5.74) is 0.644. The van der Waals surface area contributed by atoms with Crippen molar-refractivity contribution < 1.29 is 13.5 Å². The van der Waals surface area contributed by atoms with Crippen molar-refractivity contribution in [3.05, 3.63) is 28.8 Å². The van der Waals surface area contributed by atoms with Crippen molar-refractivity contribution in [2.75, 3.05) is 26.2 Å². The summed E-state index contributed by atoms with van der Waals surface area (Å²) in [6, 6.07) is 4.77. The Kier molecular flexibility index (Phi) is 6.23. The molecule has 0 aliphatic carbocycles. The van der Waals surface area contributed by atoms with Crippen molar-refractivity contribution in [2.45, 2.75) is 37.2 Å². The number of benzene rings is 1. The second-order valence-electron chi connectivity index (χ2n) is 5.73. The molecule has 0 amide bonds. The predicted molar refractivity (Wildman–Crippen MR) is 87.7 cm³/mol. The quantitative estimate of drug-likeness (QED) is 0.770. The Labute approximate surface area is 137 Å². The Hall–Kier alpha value is -0.660. The number of nitrogens with one attached hydrogen (secondary N) is 1. The molecule has 0 spiro atoms. The maximum atomic E-state index is 12.3. The molecule has 0 bridgehead atoms. The summed E-state index contributed by atoms with van der Waals surface area (Å²) in [4.78, 5) is 2.53. The lowest BCUT2D eigenvalue weighted by atomic mass is 10.1. The van der Waals surface area contributed by atoms with Gasteiger partial charge in [-0.2, -0.15) is 0 Å². The first-order valence-electron chi connectivity index (χ1n) is 7.55. The second kappa shape index (κ2) is 7.75. The molecule has 2 rings (SSSR count). The number of aryl methyl sites for hydroxylation is 1. The van der Waals surface area contributed by atoms with Crippen LogP contribution in [0.15, 0.2) is 23.1 Å². The maximum absolute atomic E-state index is 12.3. The van der Waals surface area contributed by atoms with Gasteiger partial charge in [0.25, 0.3) is 0 Å². The minimum atomic E-state index is -3.49. The number of hydrogen-bond acceptors (Lipinski definition) is 4. The third-order valence-electron chi connectivity index (χ3n) is 3.93. The summed E-state index contributed by atoms with van der Waals surface area (Å²) in [6.07, 6.45) is 2.18. The molecule has 0 radical (unpaired) electrons. The van der Waals surface area contributed by atoms with Crippen LogP contribution in [0.5, 0.6) is 0 Å². The highest BCUT2D eigenvalue weighted by Gasteiger charge is 2.18. The van der Waals surface area contributed by atoms with E-state index in [1.165, 1.54) is 6.07 Å². The van der Waals surface area contributed by atoms with Gasteiger partial charge in [0.05, 0.1) is 11.0 Å². The number of aliphatic hydroxyl groups excluding tert-OH is 1. The average Bonchev–Trinajstić information content (AvgIpc) is 2.45. The van der Waals surface area contributed by atoms with Crippen LogP contribution < -0.4 is 4.72 Å². The molecule has 0 saturated carbocycles. The first-order chi connectivity index (χ1) is 10.4. The molecule has 0 aromatic heterocycles. The van der Waals surface area contributed by atoms with Gasteiger partial charge in [-0.3, -0.25) is 0 Å². The topological polar surface area (TPSA) is 69.6 Å². The van der Waals surface area contributed by atoms with Crippen LogP contribution in [0.4, 0.5) is 0 Å². The molecular formula is C15H23ClN2O3S. The molecule has 0 unspecified atom stereocenters. The van der Waals surface area contributed by atoms with Crippen LogP contribution in [0, 0.1) is 6.92 Å². The number of likely N-dealkylation sites (tertiary alicyclic amines) is 1. The van der Waals surface area contributed by atoms with Gasteiger partial charge < -0.3 is 10.0 Å². The third-order valence-corrected chi connectivity index (χ3v) is 5.78. The molecule has 1 heterocycles. The first-order valence-corrected chi connectivity index (χ1v) is 9.41. The summed E-state index contributed by atoms with van der Waals surface area (Å²) < 4.78 is 27.2. The molecule has 1 aliphatic heterocycles. The van der Waals surface area contributed by atoms with Gasteiger partial charge in [0.15, 0.2) is 0 Å². The van der Waals surface area contributed by atoms with Gasteiger partial charge in [-0.1, -0.05) is 11.6 Å². The Morgan fingerprint density at radius 2 is 2.05 bits per heavy atom. The summed E-state index contributed by atoms with van der Waals surface area (Å²) in [7, 11) is -3.49. The van der Waals surface area contributed by atoms with Crippen molar-refractivity contribution in [1.29, 1.82) is 0 Å². The van der Waals surface area contributed by atoms with Crippen LogP contribution in [0.1, 0.15) is 24.8 Å². The van der Waals surface area contributed by atoms with Crippen LogP contribution >= 0.6 is 11.6 Å². The summed E-state index contributed by atoms with van der Waals surface area (Å²) in [5, 5.41) is 9.98. The molecule has 1 fully saturated rings. The highest BCUT2D eigenvalue weighted by atomic mass is 35.5. The SMILES string of the molecule is Cc1cc(Cl)ccc1S(=O)(=O)NCCCN1CCC(O)CC1. The molecule has 1 saturated heterocycles. The normalized spacial score (nSPS) is 17.8. The van der Waals surface area contributed by atoms with Gasteiger partial charge in [0, 0.05) is 24.7 Å². The zero-order chi connectivity index (χ0) is 16.2. The van der Waals surface area contributed by atoms with E-state index in [2.05, 4.69) is 9.62 Å². The second-order valence-corrected chi connectivity index (χ2v) is 7.91. The average molecular weight is 347 g/mol. The van der Waals surface area contributed by atoms with E-state index in [0.29, 0.717) is 17.1 Å². The largest absolute Gasteiger partial charge is 0.393 e. The van der Waals surface area contributed by atoms with Gasteiger partial charge in [-0.15, -0.1) is 0 Å². The summed E-state index contributed by atoms with van der Waals surface area (Å²) in [6.45, 7) is 4.74. The minimum absolute atomic E-state index is 0.178. The van der Waals surface area contributed by atoms with Crippen LogP contribution in [-0.2, 0) is 10.0 Å². The van der Waals surface area contributed by atoms with E-state index in [1.54, 1.807) is 19.1 Å². The zero-order valence-corrected chi connectivity index (χ0v) is 14.3. The molecule has 22 heavy (non-hydrogen) atoms. The van der Waals surface area contributed by atoms with E-state index >= 15 is 0 Å². The lowest BCUT2D eigenvalue weighted by Crippen LogP contribution is -2.37. The number of piperidine rings is 1. The third kappa shape index (κ3) is 4.93. The monoisotopic (exact) mass is 346 g/mol. The molecule has 124 valence electrons. The fourth-order valence-corrected chi connectivity index (χ4v) is 4.17. The van der Waals surface area contributed by atoms with Gasteiger partial charge in [0.2, 0.25) is 10.0 Å². The lowest BCUT2D eigenvalue weighted by Gasteiger charge is -2.29. The van der Waals surface area contributed by atoms with E-state index in [9.17, 15) is 13.5 Å². The van der Waals surface area contributed by atoms with Crippen molar-refractivity contribution in [3.8, 4) is 0 Å².